The summed E-state index contributed by atoms with van der Waals surface area (Å²) >= 11 is 0. The van der Waals surface area contributed by atoms with Crippen LogP contribution in [0.15, 0.2) is 24.3 Å². The van der Waals surface area contributed by atoms with Gasteiger partial charge in [0.2, 0.25) is 0 Å². The van der Waals surface area contributed by atoms with Crippen molar-refractivity contribution in [2.75, 3.05) is 32.8 Å². The van der Waals surface area contributed by atoms with Crippen molar-refractivity contribution < 1.29 is 4.74 Å². The van der Waals surface area contributed by atoms with Crippen LogP contribution in [0.1, 0.15) is 96.8 Å². The monoisotopic (exact) mass is 380 g/mol. The van der Waals surface area contributed by atoms with Crippen LogP contribution in [0.4, 0.5) is 0 Å². The van der Waals surface area contributed by atoms with Gasteiger partial charge in [0.05, 0.1) is 0 Å². The lowest BCUT2D eigenvalue weighted by Gasteiger charge is -2.05. The molecule has 0 aromatic rings. The first-order valence-corrected chi connectivity index (χ1v) is 11.7. The Morgan fingerprint density at radius 2 is 1.26 bits per heavy atom. The highest BCUT2D eigenvalue weighted by atomic mass is 16.5. The fourth-order valence-electron chi connectivity index (χ4n) is 2.95. The molecule has 3 heteroatoms. The highest BCUT2D eigenvalue weighted by Gasteiger charge is 1.93. The first-order chi connectivity index (χ1) is 13.4. The molecular formula is C24H48N2O. The number of nitrogens with two attached hydrogens (primary N) is 1. The molecule has 0 unspecified atom stereocenters. The summed E-state index contributed by atoms with van der Waals surface area (Å²) in [5.74, 6) is 0. The Balaban J connectivity index is 3.09. The van der Waals surface area contributed by atoms with Gasteiger partial charge >= 0.3 is 0 Å². The summed E-state index contributed by atoms with van der Waals surface area (Å²) in [6.45, 7) is 6.92. The second-order valence-electron chi connectivity index (χ2n) is 7.44. The summed E-state index contributed by atoms with van der Waals surface area (Å²) in [5.41, 5.74) is 5.45. The summed E-state index contributed by atoms with van der Waals surface area (Å²) in [6, 6.07) is 0. The fourth-order valence-corrected chi connectivity index (χ4v) is 2.95. The zero-order valence-corrected chi connectivity index (χ0v) is 18.2. The van der Waals surface area contributed by atoms with Crippen molar-refractivity contribution in [3.8, 4) is 0 Å². The van der Waals surface area contributed by atoms with E-state index in [-0.39, 0.29) is 0 Å². The highest BCUT2D eigenvalue weighted by Crippen LogP contribution is 2.08. The molecule has 0 saturated carbocycles. The average Bonchev–Trinajstić information content (AvgIpc) is 2.68. The quantitative estimate of drug-likeness (QED) is 0.175. The number of unbranched alkanes of at least 4 members (excludes halogenated alkanes) is 9. The lowest BCUT2D eigenvalue weighted by Crippen LogP contribution is -2.20. The van der Waals surface area contributed by atoms with Crippen LogP contribution in [0.5, 0.6) is 0 Å². The molecule has 0 aliphatic rings. The van der Waals surface area contributed by atoms with Crippen LogP contribution in [0.25, 0.3) is 0 Å². The van der Waals surface area contributed by atoms with Gasteiger partial charge in [-0.2, -0.15) is 0 Å². The molecule has 0 atom stereocenters. The van der Waals surface area contributed by atoms with E-state index < -0.39 is 0 Å². The predicted octanol–water partition coefficient (Wildman–Crippen LogP) is 6.15. The molecule has 0 aliphatic heterocycles. The molecule has 0 aromatic heterocycles. The molecule has 0 spiro atoms. The van der Waals surface area contributed by atoms with Crippen LogP contribution in [0, 0.1) is 0 Å². The third kappa shape index (κ3) is 25.4. The van der Waals surface area contributed by atoms with Crippen LogP contribution >= 0.6 is 0 Å². The normalized spacial score (nSPS) is 11.9. The number of hydrogen-bond acceptors (Lipinski definition) is 3. The van der Waals surface area contributed by atoms with E-state index in [2.05, 4.69) is 36.5 Å². The second-order valence-corrected chi connectivity index (χ2v) is 7.44. The van der Waals surface area contributed by atoms with Gasteiger partial charge in [-0.3, -0.25) is 0 Å². The summed E-state index contributed by atoms with van der Waals surface area (Å²) < 4.78 is 5.68. The van der Waals surface area contributed by atoms with E-state index in [1.165, 1.54) is 70.6 Å². The summed E-state index contributed by atoms with van der Waals surface area (Å²) in [5, 5.41) is 3.38. The van der Waals surface area contributed by atoms with Crippen LogP contribution in [-0.2, 0) is 4.74 Å². The maximum Gasteiger partial charge on any atom is 0.0478 e. The topological polar surface area (TPSA) is 47.3 Å². The first-order valence-electron chi connectivity index (χ1n) is 11.7. The lowest BCUT2D eigenvalue weighted by molar-refractivity contribution is 0.127. The maximum atomic E-state index is 5.68. The summed E-state index contributed by atoms with van der Waals surface area (Å²) in [7, 11) is 0. The zero-order valence-electron chi connectivity index (χ0n) is 18.2. The third-order valence-corrected chi connectivity index (χ3v) is 4.69. The van der Waals surface area contributed by atoms with Crippen molar-refractivity contribution >= 4 is 0 Å². The largest absolute Gasteiger partial charge is 0.381 e. The molecular weight excluding hydrogens is 332 g/mol. The molecule has 0 radical (unpaired) electrons. The van der Waals surface area contributed by atoms with Crippen molar-refractivity contribution in [1.82, 2.24) is 5.32 Å². The van der Waals surface area contributed by atoms with E-state index in [0.717, 1.165) is 52.1 Å². The standard InChI is InChI=1S/C24H48N2O/c1-2-3-4-5-6-7-8-9-10-11-12-13-14-15-16-17-23-27-24-19-22-26-21-18-20-25/h6-7,9-10,26H,2-5,8,11-25H2,1H3/b7-6-,10-9-. The number of nitrogens with one attached hydrogen (secondary N) is 1. The van der Waals surface area contributed by atoms with Gasteiger partial charge in [-0.1, -0.05) is 69.8 Å². The van der Waals surface area contributed by atoms with E-state index in [1.54, 1.807) is 0 Å². The van der Waals surface area contributed by atoms with E-state index in [4.69, 9.17) is 10.5 Å². The average molecular weight is 381 g/mol. The Morgan fingerprint density at radius 3 is 1.96 bits per heavy atom. The molecule has 0 rings (SSSR count). The minimum absolute atomic E-state index is 0.775. The van der Waals surface area contributed by atoms with Crippen molar-refractivity contribution in [2.24, 2.45) is 5.73 Å². The van der Waals surface area contributed by atoms with E-state index in [9.17, 15) is 0 Å². The molecule has 0 amide bonds. The Kier molecular flexibility index (Phi) is 24.8. The molecule has 0 bridgehead atoms. The number of rotatable bonds is 22. The van der Waals surface area contributed by atoms with Crippen molar-refractivity contribution in [2.45, 2.75) is 96.8 Å². The van der Waals surface area contributed by atoms with Crippen molar-refractivity contribution in [1.29, 1.82) is 0 Å². The number of allylic oxidation sites excluding steroid dienone is 4. The van der Waals surface area contributed by atoms with Gasteiger partial charge in [-0.15, -0.1) is 0 Å². The molecule has 27 heavy (non-hydrogen) atoms. The van der Waals surface area contributed by atoms with Crippen LogP contribution < -0.4 is 11.1 Å². The van der Waals surface area contributed by atoms with Gasteiger partial charge in [0.25, 0.3) is 0 Å². The SMILES string of the molecule is CCCCC/C=C\C/C=C\CCCCCCCCOCCCNCCCN. The predicted molar refractivity (Wildman–Crippen MR) is 121 cm³/mol. The second kappa shape index (κ2) is 25.4. The van der Waals surface area contributed by atoms with Gasteiger partial charge in [-0.05, 0) is 71.0 Å². The van der Waals surface area contributed by atoms with Crippen molar-refractivity contribution in [3.05, 3.63) is 24.3 Å². The fraction of sp³-hybridized carbons (Fsp3) is 0.833. The molecule has 0 aliphatic carbocycles. The molecule has 0 heterocycles. The van der Waals surface area contributed by atoms with Gasteiger partial charge in [0.1, 0.15) is 0 Å². The van der Waals surface area contributed by atoms with Crippen LogP contribution in [-0.4, -0.2) is 32.8 Å². The van der Waals surface area contributed by atoms with Gasteiger partial charge in [0, 0.05) is 13.2 Å². The smallest absolute Gasteiger partial charge is 0.0478 e. The third-order valence-electron chi connectivity index (χ3n) is 4.69. The Hall–Kier alpha value is -0.640. The molecule has 3 N–H and O–H groups in total. The Labute approximate surface area is 170 Å². The molecule has 3 nitrogen and oxygen atoms in total. The Morgan fingerprint density at radius 1 is 0.667 bits per heavy atom. The number of ether oxygens (including phenoxy) is 1. The zero-order chi connectivity index (χ0) is 19.7. The van der Waals surface area contributed by atoms with Gasteiger partial charge in [0.15, 0.2) is 0 Å². The lowest BCUT2D eigenvalue weighted by atomic mass is 10.1. The van der Waals surface area contributed by atoms with Crippen LogP contribution in [0.3, 0.4) is 0 Å². The summed E-state index contributed by atoms with van der Waals surface area (Å²) in [6.07, 6.45) is 27.1. The molecule has 160 valence electrons. The highest BCUT2D eigenvalue weighted by molar-refractivity contribution is 4.92. The summed E-state index contributed by atoms with van der Waals surface area (Å²) in [4.78, 5) is 0. The number of hydrogen-bond donors (Lipinski definition) is 2. The molecule has 0 aromatic carbocycles. The van der Waals surface area contributed by atoms with E-state index in [0.29, 0.717) is 0 Å². The maximum absolute atomic E-state index is 5.68. The first kappa shape index (κ1) is 26.4. The molecule has 0 saturated heterocycles. The Bertz CT molecular complexity index is 316. The van der Waals surface area contributed by atoms with Crippen LogP contribution in [0.2, 0.25) is 0 Å². The minimum atomic E-state index is 0.775. The van der Waals surface area contributed by atoms with E-state index >= 15 is 0 Å². The van der Waals surface area contributed by atoms with Gasteiger partial charge in [-0.25, -0.2) is 0 Å². The molecule has 0 fully saturated rings. The minimum Gasteiger partial charge on any atom is -0.381 e. The van der Waals surface area contributed by atoms with E-state index in [1.807, 2.05) is 0 Å². The van der Waals surface area contributed by atoms with Gasteiger partial charge < -0.3 is 15.8 Å². The van der Waals surface area contributed by atoms with Crippen molar-refractivity contribution in [3.63, 3.8) is 0 Å².